The molecule has 118 valence electrons. The lowest BCUT2D eigenvalue weighted by molar-refractivity contribution is -0.178. The van der Waals surface area contributed by atoms with Crippen LogP contribution in [-0.4, -0.2) is 39.2 Å². The molecule has 6 atom stereocenters. The maximum Gasteiger partial charge on any atom is 0.315 e. The molecule has 3 aliphatic rings. The number of hydrogen-bond donors (Lipinski definition) is 3. The Morgan fingerprint density at radius 3 is 1.55 bits per heavy atom. The fraction of sp³-hybridized carbons (Fsp3) is 0.429. The van der Waals surface area contributed by atoms with E-state index in [4.69, 9.17) is 0 Å². The Bertz CT molecular complexity index is 577. The molecule has 3 N–H and O–H groups in total. The van der Waals surface area contributed by atoms with Gasteiger partial charge in [-0.05, 0) is 0 Å². The lowest BCUT2D eigenvalue weighted by Gasteiger charge is -2.47. The van der Waals surface area contributed by atoms with E-state index in [9.17, 15) is 34.5 Å². The molecule has 6 unspecified atom stereocenters. The van der Waals surface area contributed by atoms with E-state index in [1.165, 1.54) is 12.2 Å². The molecule has 3 aliphatic carbocycles. The molecular formula is C14H14O8. The first-order valence-corrected chi connectivity index (χ1v) is 6.49. The summed E-state index contributed by atoms with van der Waals surface area (Å²) in [6.45, 7) is 3.21. The average molecular weight is 310 g/mol. The van der Waals surface area contributed by atoms with Gasteiger partial charge >= 0.3 is 23.9 Å². The summed E-state index contributed by atoms with van der Waals surface area (Å²) in [6.07, 6.45) is 3.61. The van der Waals surface area contributed by atoms with Crippen LogP contribution < -0.4 is 0 Å². The van der Waals surface area contributed by atoms with Crippen molar-refractivity contribution < 1.29 is 39.2 Å². The Hall–Kier alpha value is -2.64. The first-order chi connectivity index (χ1) is 10.3. The highest BCUT2D eigenvalue weighted by molar-refractivity contribution is 5.89. The number of carbonyl (C=O) groups excluding carboxylic acids is 1. The average Bonchev–Trinajstić information content (AvgIpc) is 2.45. The number of fused-ring (bicyclic) bond motifs is 2. The fourth-order valence-corrected chi connectivity index (χ4v) is 3.56. The van der Waals surface area contributed by atoms with Gasteiger partial charge in [0.15, 0.2) is 0 Å². The molecule has 1 fully saturated rings. The standard InChI is InChI=1S/C14H14O8/c1-2-22-14(21)10-6-4-3-5(9(10)13(19)20)7(11(15)16)8(6)12(17)18/h2-10H,1H2,(H,15,16)(H,17,18)(H,19,20). The first-order valence-electron chi connectivity index (χ1n) is 6.49. The maximum atomic E-state index is 12.0. The minimum atomic E-state index is -1.40. The van der Waals surface area contributed by atoms with E-state index >= 15 is 0 Å². The number of ether oxygens (including phenoxy) is 1. The second-order valence-corrected chi connectivity index (χ2v) is 5.26. The van der Waals surface area contributed by atoms with Gasteiger partial charge in [0.2, 0.25) is 0 Å². The molecule has 0 aromatic heterocycles. The number of rotatable bonds is 5. The summed E-state index contributed by atoms with van der Waals surface area (Å²) in [5.41, 5.74) is 0. The molecular weight excluding hydrogens is 296 g/mol. The van der Waals surface area contributed by atoms with Crippen molar-refractivity contribution in [1.82, 2.24) is 0 Å². The van der Waals surface area contributed by atoms with Gasteiger partial charge in [-0.3, -0.25) is 19.2 Å². The van der Waals surface area contributed by atoms with Crippen LogP contribution in [0.3, 0.4) is 0 Å². The predicted molar refractivity (Wildman–Crippen MR) is 69.3 cm³/mol. The lowest BCUT2D eigenvalue weighted by Crippen LogP contribution is -2.57. The number of carbonyl (C=O) groups is 4. The van der Waals surface area contributed by atoms with Gasteiger partial charge in [-0.2, -0.15) is 0 Å². The quantitative estimate of drug-likeness (QED) is 0.372. The van der Waals surface area contributed by atoms with Gasteiger partial charge in [0.05, 0.1) is 29.9 Å². The Kier molecular flexibility index (Phi) is 4.03. The topological polar surface area (TPSA) is 138 Å². The summed E-state index contributed by atoms with van der Waals surface area (Å²) in [5.74, 6) is -12.6. The molecule has 0 saturated heterocycles. The minimum absolute atomic E-state index is 0.831. The van der Waals surface area contributed by atoms with E-state index in [0.29, 0.717) is 0 Å². The second-order valence-electron chi connectivity index (χ2n) is 5.26. The normalized spacial score (nSPS) is 35.6. The number of hydrogen-bond acceptors (Lipinski definition) is 5. The van der Waals surface area contributed by atoms with E-state index in [1.807, 2.05) is 0 Å². The fourth-order valence-electron chi connectivity index (χ4n) is 3.56. The van der Waals surface area contributed by atoms with Crippen LogP contribution in [0.15, 0.2) is 25.0 Å². The summed E-state index contributed by atoms with van der Waals surface area (Å²) in [5, 5.41) is 28.0. The van der Waals surface area contributed by atoms with Crippen LogP contribution in [0.4, 0.5) is 0 Å². The molecule has 3 rings (SSSR count). The van der Waals surface area contributed by atoms with Crippen LogP contribution in [0.5, 0.6) is 0 Å². The molecule has 0 spiro atoms. The third-order valence-electron chi connectivity index (χ3n) is 4.32. The van der Waals surface area contributed by atoms with Crippen LogP contribution in [0.1, 0.15) is 0 Å². The molecule has 2 bridgehead atoms. The van der Waals surface area contributed by atoms with Gasteiger partial charge in [0.25, 0.3) is 0 Å². The van der Waals surface area contributed by atoms with Gasteiger partial charge in [0.1, 0.15) is 0 Å². The summed E-state index contributed by atoms with van der Waals surface area (Å²) in [6, 6.07) is 0. The number of esters is 1. The molecule has 0 aromatic carbocycles. The SMILES string of the molecule is C=COC(=O)C1C2C=CC(C(C(=O)O)C2C(=O)O)C1C(=O)O. The number of carboxylic acid groups (broad SMARTS) is 3. The first kappa shape index (κ1) is 15.7. The van der Waals surface area contributed by atoms with Crippen molar-refractivity contribution in [3.63, 3.8) is 0 Å². The van der Waals surface area contributed by atoms with E-state index in [2.05, 4.69) is 11.3 Å². The van der Waals surface area contributed by atoms with Crippen molar-refractivity contribution in [2.24, 2.45) is 35.5 Å². The van der Waals surface area contributed by atoms with Gasteiger partial charge in [-0.15, -0.1) is 0 Å². The van der Waals surface area contributed by atoms with E-state index < -0.39 is 59.4 Å². The summed E-state index contributed by atoms with van der Waals surface area (Å²) >= 11 is 0. The summed E-state index contributed by atoms with van der Waals surface area (Å²) in [4.78, 5) is 46.4. The molecule has 22 heavy (non-hydrogen) atoms. The van der Waals surface area contributed by atoms with E-state index in [1.54, 1.807) is 0 Å². The highest BCUT2D eigenvalue weighted by atomic mass is 16.5. The lowest BCUT2D eigenvalue weighted by atomic mass is 9.53. The molecule has 0 heterocycles. The minimum Gasteiger partial charge on any atom is -0.481 e. The highest BCUT2D eigenvalue weighted by Crippen LogP contribution is 2.52. The Balaban J connectivity index is 2.53. The zero-order valence-corrected chi connectivity index (χ0v) is 11.3. The number of carboxylic acids is 3. The zero-order chi connectivity index (χ0) is 16.6. The van der Waals surface area contributed by atoms with Crippen LogP contribution in [0.25, 0.3) is 0 Å². The largest absolute Gasteiger partial charge is 0.481 e. The van der Waals surface area contributed by atoms with Gasteiger partial charge in [0, 0.05) is 11.8 Å². The van der Waals surface area contributed by atoms with Crippen molar-refractivity contribution in [3.8, 4) is 0 Å². The predicted octanol–water partition coefficient (Wildman–Crippen LogP) is 0.207. The molecule has 1 saturated carbocycles. The van der Waals surface area contributed by atoms with Crippen molar-refractivity contribution in [2.75, 3.05) is 0 Å². The van der Waals surface area contributed by atoms with Crippen molar-refractivity contribution in [3.05, 3.63) is 25.0 Å². The van der Waals surface area contributed by atoms with Crippen LogP contribution >= 0.6 is 0 Å². The van der Waals surface area contributed by atoms with Crippen LogP contribution in [0.2, 0.25) is 0 Å². The van der Waals surface area contributed by atoms with E-state index in [0.717, 1.165) is 6.26 Å². The molecule has 0 radical (unpaired) electrons. The third kappa shape index (κ3) is 2.26. The van der Waals surface area contributed by atoms with Crippen LogP contribution in [-0.2, 0) is 23.9 Å². The van der Waals surface area contributed by atoms with Gasteiger partial charge < -0.3 is 20.1 Å². The summed E-state index contributed by atoms with van der Waals surface area (Å²) < 4.78 is 4.63. The Labute approximate surface area is 124 Å². The van der Waals surface area contributed by atoms with Crippen molar-refractivity contribution in [2.45, 2.75) is 0 Å². The molecule has 0 aromatic rings. The highest BCUT2D eigenvalue weighted by Gasteiger charge is 2.61. The number of aliphatic carboxylic acids is 3. The molecule has 0 aliphatic heterocycles. The Morgan fingerprint density at radius 1 is 0.818 bits per heavy atom. The van der Waals surface area contributed by atoms with Crippen molar-refractivity contribution >= 4 is 23.9 Å². The van der Waals surface area contributed by atoms with Crippen molar-refractivity contribution in [1.29, 1.82) is 0 Å². The summed E-state index contributed by atoms with van der Waals surface area (Å²) in [7, 11) is 0. The third-order valence-corrected chi connectivity index (χ3v) is 4.32. The van der Waals surface area contributed by atoms with Crippen LogP contribution in [0, 0.1) is 35.5 Å². The zero-order valence-electron chi connectivity index (χ0n) is 11.3. The monoisotopic (exact) mass is 310 g/mol. The maximum absolute atomic E-state index is 12.0. The molecule has 8 nitrogen and oxygen atoms in total. The number of allylic oxidation sites excluding steroid dienone is 2. The Morgan fingerprint density at radius 2 is 1.18 bits per heavy atom. The second kappa shape index (κ2) is 5.63. The molecule has 8 heteroatoms. The van der Waals surface area contributed by atoms with Gasteiger partial charge in [-0.1, -0.05) is 18.7 Å². The van der Waals surface area contributed by atoms with Gasteiger partial charge in [-0.25, -0.2) is 0 Å². The smallest absolute Gasteiger partial charge is 0.315 e. The molecule has 0 amide bonds. The van der Waals surface area contributed by atoms with E-state index in [-0.39, 0.29) is 0 Å².